The van der Waals surface area contributed by atoms with Crippen molar-refractivity contribution in [3.63, 3.8) is 0 Å². The molecule has 0 spiro atoms. The zero-order valence-electron chi connectivity index (χ0n) is 27.8. The minimum atomic E-state index is -2.31. The van der Waals surface area contributed by atoms with Crippen LogP contribution in [-0.4, -0.2) is 92.2 Å². The number of aliphatic hydroxyl groups is 1. The first-order valence-electron chi connectivity index (χ1n) is 15.8. The van der Waals surface area contributed by atoms with Crippen molar-refractivity contribution in [2.45, 2.75) is 57.7 Å². The highest BCUT2D eigenvalue weighted by Crippen LogP contribution is 2.34. The molecule has 7 atom stereocenters. The molecule has 1 aliphatic rings. The smallest absolute Gasteiger partial charge is 0.337 e. The number of amides is 2. The summed E-state index contributed by atoms with van der Waals surface area (Å²) in [5, 5.41) is 41.2. The van der Waals surface area contributed by atoms with Crippen LogP contribution in [0.3, 0.4) is 0 Å². The summed E-state index contributed by atoms with van der Waals surface area (Å²) in [6.07, 6.45) is -3.69. The van der Waals surface area contributed by atoms with Crippen LogP contribution in [-0.2, 0) is 35.1 Å². The third-order valence-electron chi connectivity index (χ3n) is 8.70. The van der Waals surface area contributed by atoms with Crippen LogP contribution in [0, 0.1) is 41.2 Å². The molecule has 0 bridgehead atoms. The number of hydrazine groups is 1. The van der Waals surface area contributed by atoms with Crippen LogP contribution >= 0.6 is 0 Å². The SMILES string of the molecule is COC(=O)c1cccc(C(=O)C(C(=O)N(NC(=O)C2C[C@@H](C(=O)O)C[C@@H](C(=O)O)C2)[C@H](C(=O)O)C(C)C)[C@H](O)[C@@H](N)Cc2cc(F)cc(F)c2)c1. The molecule has 2 aromatic carbocycles. The number of aliphatic carboxylic acids is 3. The molecule has 2 unspecified atom stereocenters. The summed E-state index contributed by atoms with van der Waals surface area (Å²) in [5.74, 6) is -18.2. The fraction of sp³-hybridized carbons (Fsp3) is 0.441. The number of nitrogens with zero attached hydrogens (tertiary/aromatic N) is 1. The molecule has 2 amide bonds. The molecule has 2 aromatic rings. The van der Waals surface area contributed by atoms with Crippen LogP contribution in [0.25, 0.3) is 0 Å². The Kier molecular flexibility index (Phi) is 13.4. The van der Waals surface area contributed by atoms with Crippen LogP contribution in [0.15, 0.2) is 42.5 Å². The van der Waals surface area contributed by atoms with Crippen LogP contribution < -0.4 is 11.2 Å². The summed E-state index contributed by atoms with van der Waals surface area (Å²) in [5.41, 5.74) is 7.80. The van der Waals surface area contributed by atoms with Crippen molar-refractivity contribution in [2.75, 3.05) is 7.11 Å². The van der Waals surface area contributed by atoms with Gasteiger partial charge in [0.1, 0.15) is 17.6 Å². The highest BCUT2D eigenvalue weighted by atomic mass is 19.1. The number of hydrogen-bond acceptors (Lipinski definition) is 10. The Bertz CT molecular complexity index is 1640. The number of rotatable bonds is 14. The lowest BCUT2D eigenvalue weighted by Gasteiger charge is -2.37. The quantitative estimate of drug-likeness (QED) is 0.0704. The second-order valence-corrected chi connectivity index (χ2v) is 12.7. The highest BCUT2D eigenvalue weighted by molar-refractivity contribution is 6.12. The van der Waals surface area contributed by atoms with Gasteiger partial charge in [-0.25, -0.2) is 23.4 Å². The summed E-state index contributed by atoms with van der Waals surface area (Å²) in [6, 6.07) is 3.62. The summed E-state index contributed by atoms with van der Waals surface area (Å²) in [4.78, 5) is 90.6. The molecule has 1 aliphatic carbocycles. The number of carboxylic acids is 3. The number of nitrogens with one attached hydrogen (secondary N) is 1. The van der Waals surface area contributed by atoms with E-state index < -0.39 is 107 Å². The maximum absolute atomic E-state index is 14.5. The molecule has 7 N–H and O–H groups in total. The second-order valence-electron chi connectivity index (χ2n) is 12.7. The number of esters is 1. The van der Waals surface area contributed by atoms with Crippen molar-refractivity contribution in [3.05, 3.63) is 70.8 Å². The average molecular weight is 720 g/mol. The van der Waals surface area contributed by atoms with Gasteiger partial charge in [0.05, 0.1) is 30.6 Å². The molecule has 0 aromatic heterocycles. The topological polar surface area (TPSA) is 251 Å². The third-order valence-corrected chi connectivity index (χ3v) is 8.70. The Morgan fingerprint density at radius 1 is 0.882 bits per heavy atom. The lowest BCUT2D eigenvalue weighted by molar-refractivity contribution is -0.163. The normalized spacial score (nSPS) is 19.6. The number of ketones is 1. The molecule has 3 rings (SSSR count). The van der Waals surface area contributed by atoms with Crippen molar-refractivity contribution in [1.29, 1.82) is 0 Å². The minimum Gasteiger partial charge on any atom is -0.481 e. The summed E-state index contributed by atoms with van der Waals surface area (Å²) in [6.45, 7) is 2.73. The number of methoxy groups -OCH3 is 1. The van der Waals surface area contributed by atoms with Crippen LogP contribution in [0.5, 0.6) is 0 Å². The van der Waals surface area contributed by atoms with Gasteiger partial charge < -0.3 is 30.9 Å². The first-order chi connectivity index (χ1) is 23.9. The van der Waals surface area contributed by atoms with Gasteiger partial charge in [-0.2, -0.15) is 0 Å². The fourth-order valence-corrected chi connectivity index (χ4v) is 6.13. The molecule has 15 nitrogen and oxygen atoms in total. The van der Waals surface area contributed by atoms with E-state index in [1.54, 1.807) is 0 Å². The number of hydrogen-bond donors (Lipinski definition) is 6. The number of Topliss-reactive ketones (excluding diaryl/α,β-unsaturated/α-hetero) is 1. The van der Waals surface area contributed by atoms with Crippen molar-refractivity contribution in [3.8, 4) is 0 Å². The van der Waals surface area contributed by atoms with Crippen molar-refractivity contribution < 1.29 is 67.5 Å². The number of carbonyl (C=O) groups excluding carboxylic acids is 4. The van der Waals surface area contributed by atoms with Gasteiger partial charge in [0.2, 0.25) is 5.91 Å². The second kappa shape index (κ2) is 17.1. The zero-order chi connectivity index (χ0) is 38.3. The number of carbonyl (C=O) groups is 7. The number of halogens is 2. The molecule has 17 heteroatoms. The van der Waals surface area contributed by atoms with E-state index in [4.69, 9.17) is 5.73 Å². The molecular weight excluding hydrogens is 680 g/mol. The van der Waals surface area contributed by atoms with Gasteiger partial charge in [-0.05, 0) is 61.4 Å². The Labute approximate surface area is 290 Å². The predicted octanol–water partition coefficient (Wildman–Crippen LogP) is 1.65. The molecule has 51 heavy (non-hydrogen) atoms. The van der Waals surface area contributed by atoms with E-state index in [0.29, 0.717) is 11.1 Å². The van der Waals surface area contributed by atoms with Crippen LogP contribution in [0.4, 0.5) is 8.78 Å². The first-order valence-corrected chi connectivity index (χ1v) is 15.8. The zero-order valence-corrected chi connectivity index (χ0v) is 27.8. The van der Waals surface area contributed by atoms with Gasteiger partial charge in [0.25, 0.3) is 5.91 Å². The van der Waals surface area contributed by atoms with Gasteiger partial charge in [-0.3, -0.25) is 29.4 Å². The predicted molar refractivity (Wildman–Crippen MR) is 170 cm³/mol. The standard InChI is InChI=1S/C34H39F2N3O12/c1-15(2)26(33(48)49)39(38-29(42)19-11-20(31(44)45)13-21(12-19)32(46)47)30(43)25(27(40)17-5-4-6-18(10-17)34(50)51-3)28(41)24(37)9-16-7-22(35)14-23(36)8-16/h4-8,10,14-15,19-21,24-26,28,41H,9,11-13,37H2,1-3H3,(H,38,42)(H,44,45)(H,46,47)(H,48,49)/t19?,20-,21+,24-,25?,26-,28+/m0/s1. The Morgan fingerprint density at radius 3 is 1.90 bits per heavy atom. The van der Waals surface area contributed by atoms with Crippen molar-refractivity contribution in [1.82, 2.24) is 10.4 Å². The van der Waals surface area contributed by atoms with E-state index in [1.807, 2.05) is 0 Å². The number of ether oxygens (including phenoxy) is 1. The summed E-state index contributed by atoms with van der Waals surface area (Å²) < 4.78 is 32.6. The first kappa shape index (κ1) is 40.1. The lowest BCUT2D eigenvalue weighted by Crippen LogP contribution is -2.62. The molecule has 0 heterocycles. The van der Waals surface area contributed by atoms with Crippen molar-refractivity contribution >= 4 is 41.5 Å². The maximum Gasteiger partial charge on any atom is 0.337 e. The van der Waals surface area contributed by atoms with Gasteiger partial charge in [-0.15, -0.1) is 0 Å². The number of nitrogens with two attached hydrogens (primary N) is 1. The Balaban J connectivity index is 2.13. The summed E-state index contributed by atoms with van der Waals surface area (Å²) in [7, 11) is 1.07. The molecular formula is C34H39F2N3O12. The number of carboxylic acid groups (broad SMARTS) is 3. The Hall–Kier alpha value is -5.29. The molecule has 1 saturated carbocycles. The summed E-state index contributed by atoms with van der Waals surface area (Å²) >= 11 is 0. The Morgan fingerprint density at radius 2 is 1.41 bits per heavy atom. The fourth-order valence-electron chi connectivity index (χ4n) is 6.13. The molecule has 0 saturated heterocycles. The minimum absolute atomic E-state index is 0.0700. The van der Waals surface area contributed by atoms with E-state index in [1.165, 1.54) is 32.0 Å². The van der Waals surface area contributed by atoms with Gasteiger partial charge in [0, 0.05) is 23.6 Å². The van der Waals surface area contributed by atoms with Crippen molar-refractivity contribution in [2.24, 2.45) is 35.3 Å². The van der Waals surface area contributed by atoms with E-state index in [0.717, 1.165) is 25.3 Å². The average Bonchev–Trinajstić information content (AvgIpc) is 3.06. The van der Waals surface area contributed by atoms with E-state index in [-0.39, 0.29) is 36.0 Å². The molecule has 276 valence electrons. The van der Waals surface area contributed by atoms with E-state index >= 15 is 0 Å². The maximum atomic E-state index is 14.5. The van der Waals surface area contributed by atoms with E-state index in [2.05, 4.69) is 10.2 Å². The van der Waals surface area contributed by atoms with Gasteiger partial charge in [0.15, 0.2) is 11.8 Å². The van der Waals surface area contributed by atoms with Gasteiger partial charge >= 0.3 is 23.9 Å². The molecule has 0 radical (unpaired) electrons. The third kappa shape index (κ3) is 9.91. The monoisotopic (exact) mass is 719 g/mol. The molecule has 0 aliphatic heterocycles. The lowest BCUT2D eigenvalue weighted by atomic mass is 9.75. The number of benzene rings is 2. The van der Waals surface area contributed by atoms with Crippen LogP contribution in [0.1, 0.15) is 59.4 Å². The van der Waals surface area contributed by atoms with E-state index in [9.17, 15) is 62.8 Å². The highest BCUT2D eigenvalue weighted by Gasteiger charge is 2.46. The largest absolute Gasteiger partial charge is 0.481 e. The molecule has 1 fully saturated rings. The number of aliphatic hydroxyl groups excluding tert-OH is 1. The van der Waals surface area contributed by atoms with Gasteiger partial charge in [-0.1, -0.05) is 26.0 Å². The van der Waals surface area contributed by atoms with Crippen LogP contribution in [0.2, 0.25) is 0 Å².